The first-order chi connectivity index (χ1) is 8.29. The van der Waals surface area contributed by atoms with Crippen LogP contribution < -0.4 is 5.73 Å². The van der Waals surface area contributed by atoms with E-state index in [1.807, 2.05) is 0 Å². The van der Waals surface area contributed by atoms with Gasteiger partial charge in [0.15, 0.2) is 0 Å². The van der Waals surface area contributed by atoms with Crippen molar-refractivity contribution in [2.75, 3.05) is 6.61 Å². The monoisotopic (exact) mass is 236 g/mol. The second kappa shape index (κ2) is 4.38. The lowest BCUT2D eigenvalue weighted by molar-refractivity contribution is -0.0965. The number of hydrogen-bond acceptors (Lipinski definition) is 4. The number of nitrogens with one attached hydrogen (secondary N) is 1. The molecule has 1 aromatic rings. The van der Waals surface area contributed by atoms with Crippen molar-refractivity contribution < 1.29 is 4.74 Å². The van der Waals surface area contributed by atoms with Crippen LogP contribution in [0.4, 0.5) is 0 Å². The SMILES string of the molecule is NC(c1cn[nH]n1)C1CCOC2(CCCC2)C1. The fraction of sp³-hybridized carbons (Fsp3) is 0.833. The van der Waals surface area contributed by atoms with Gasteiger partial charge in [0.05, 0.1) is 23.5 Å². The van der Waals surface area contributed by atoms with E-state index < -0.39 is 0 Å². The Labute approximate surface area is 101 Å². The number of nitrogens with two attached hydrogens (primary N) is 1. The molecule has 0 radical (unpaired) electrons. The highest BCUT2D eigenvalue weighted by molar-refractivity contribution is 5.04. The Kier molecular flexibility index (Phi) is 2.88. The number of H-pyrrole nitrogens is 1. The first-order valence-electron chi connectivity index (χ1n) is 6.54. The lowest BCUT2D eigenvalue weighted by atomic mass is 9.80. The number of ether oxygens (including phenoxy) is 1. The van der Waals surface area contributed by atoms with E-state index in [9.17, 15) is 0 Å². The average Bonchev–Trinajstić information content (AvgIpc) is 3.00. The molecule has 0 amide bonds. The van der Waals surface area contributed by atoms with Crippen LogP contribution in [0.5, 0.6) is 0 Å². The van der Waals surface area contributed by atoms with Crippen LogP contribution in [0.25, 0.3) is 0 Å². The Morgan fingerprint density at radius 3 is 3.00 bits per heavy atom. The smallest absolute Gasteiger partial charge is 0.0994 e. The third-order valence-electron chi connectivity index (χ3n) is 4.33. The molecule has 2 heterocycles. The minimum absolute atomic E-state index is 0.00451. The van der Waals surface area contributed by atoms with Gasteiger partial charge in [0, 0.05) is 6.61 Å². The van der Waals surface area contributed by atoms with Crippen LogP contribution in [-0.2, 0) is 4.74 Å². The molecule has 94 valence electrons. The highest BCUT2D eigenvalue weighted by atomic mass is 16.5. The van der Waals surface area contributed by atoms with Gasteiger partial charge in [-0.05, 0) is 31.6 Å². The summed E-state index contributed by atoms with van der Waals surface area (Å²) in [7, 11) is 0. The van der Waals surface area contributed by atoms with Crippen LogP contribution in [0.2, 0.25) is 0 Å². The molecule has 0 bridgehead atoms. The van der Waals surface area contributed by atoms with E-state index in [0.717, 1.165) is 25.1 Å². The summed E-state index contributed by atoms with van der Waals surface area (Å²) in [5.74, 6) is 0.479. The van der Waals surface area contributed by atoms with Gasteiger partial charge >= 0.3 is 0 Å². The Morgan fingerprint density at radius 1 is 1.47 bits per heavy atom. The van der Waals surface area contributed by atoms with Crippen molar-refractivity contribution in [2.45, 2.75) is 50.2 Å². The number of nitrogens with zero attached hydrogens (tertiary/aromatic N) is 2. The molecule has 1 aliphatic heterocycles. The van der Waals surface area contributed by atoms with E-state index in [2.05, 4.69) is 15.4 Å². The molecule has 0 aromatic carbocycles. The quantitative estimate of drug-likeness (QED) is 0.816. The largest absolute Gasteiger partial charge is 0.375 e. The van der Waals surface area contributed by atoms with Gasteiger partial charge in [0.1, 0.15) is 0 Å². The summed E-state index contributed by atoms with van der Waals surface area (Å²) in [5.41, 5.74) is 7.30. The van der Waals surface area contributed by atoms with Crippen molar-refractivity contribution in [3.63, 3.8) is 0 Å². The molecule has 5 nitrogen and oxygen atoms in total. The predicted molar refractivity (Wildman–Crippen MR) is 63.2 cm³/mol. The minimum Gasteiger partial charge on any atom is -0.375 e. The second-order valence-electron chi connectivity index (χ2n) is 5.41. The number of aromatic nitrogens is 3. The van der Waals surface area contributed by atoms with Crippen molar-refractivity contribution in [3.05, 3.63) is 11.9 Å². The van der Waals surface area contributed by atoms with Crippen LogP contribution in [0.1, 0.15) is 50.3 Å². The zero-order valence-corrected chi connectivity index (χ0v) is 10.1. The van der Waals surface area contributed by atoms with Crippen LogP contribution in [0.3, 0.4) is 0 Å². The Balaban J connectivity index is 1.71. The Bertz CT molecular complexity index is 359. The third-order valence-corrected chi connectivity index (χ3v) is 4.33. The summed E-state index contributed by atoms with van der Waals surface area (Å²) >= 11 is 0. The molecule has 2 unspecified atom stereocenters. The van der Waals surface area contributed by atoms with Crippen LogP contribution in [0, 0.1) is 5.92 Å². The maximum Gasteiger partial charge on any atom is 0.0994 e. The van der Waals surface area contributed by atoms with E-state index >= 15 is 0 Å². The molecule has 17 heavy (non-hydrogen) atoms. The molecule has 1 aromatic heterocycles. The van der Waals surface area contributed by atoms with Gasteiger partial charge in [-0.1, -0.05) is 12.8 Å². The predicted octanol–water partition coefficient (Wildman–Crippen LogP) is 1.54. The van der Waals surface area contributed by atoms with Crippen LogP contribution in [-0.4, -0.2) is 27.6 Å². The van der Waals surface area contributed by atoms with E-state index in [-0.39, 0.29) is 11.6 Å². The summed E-state index contributed by atoms with van der Waals surface area (Å²) in [6.07, 6.45) is 8.86. The lowest BCUT2D eigenvalue weighted by Gasteiger charge is -2.40. The average molecular weight is 236 g/mol. The summed E-state index contributed by atoms with van der Waals surface area (Å²) in [6.45, 7) is 0.843. The van der Waals surface area contributed by atoms with E-state index in [4.69, 9.17) is 10.5 Å². The number of hydrogen-bond donors (Lipinski definition) is 2. The van der Waals surface area contributed by atoms with Crippen molar-refractivity contribution in [3.8, 4) is 0 Å². The summed E-state index contributed by atoms with van der Waals surface area (Å²) in [5, 5.41) is 10.6. The van der Waals surface area contributed by atoms with Crippen molar-refractivity contribution in [1.82, 2.24) is 15.4 Å². The van der Waals surface area contributed by atoms with E-state index in [1.165, 1.54) is 25.7 Å². The van der Waals surface area contributed by atoms with E-state index in [0.29, 0.717) is 5.92 Å². The van der Waals surface area contributed by atoms with Crippen molar-refractivity contribution in [1.29, 1.82) is 0 Å². The first kappa shape index (κ1) is 11.2. The molecule has 1 saturated heterocycles. The molecule has 2 atom stereocenters. The highest BCUT2D eigenvalue weighted by Gasteiger charge is 2.41. The van der Waals surface area contributed by atoms with E-state index in [1.54, 1.807) is 6.20 Å². The molecule has 2 aliphatic rings. The molecule has 3 N–H and O–H groups in total. The minimum atomic E-state index is -0.00451. The summed E-state index contributed by atoms with van der Waals surface area (Å²) in [4.78, 5) is 0. The topological polar surface area (TPSA) is 76.8 Å². The molecular formula is C12H20N4O. The molecule has 1 saturated carbocycles. The van der Waals surface area contributed by atoms with Gasteiger partial charge in [-0.15, -0.1) is 0 Å². The molecular weight excluding hydrogens is 216 g/mol. The standard InChI is InChI=1S/C12H20N4O/c13-11(10-8-14-16-15-10)9-3-6-17-12(7-9)4-1-2-5-12/h8-9,11H,1-7,13H2,(H,14,15,16). The van der Waals surface area contributed by atoms with Crippen molar-refractivity contribution >= 4 is 0 Å². The third kappa shape index (κ3) is 2.09. The fourth-order valence-corrected chi connectivity index (χ4v) is 3.35. The Hall–Kier alpha value is -0.940. The zero-order valence-electron chi connectivity index (χ0n) is 10.1. The van der Waals surface area contributed by atoms with Crippen LogP contribution in [0.15, 0.2) is 6.20 Å². The highest BCUT2D eigenvalue weighted by Crippen LogP contribution is 2.44. The normalized spacial score (nSPS) is 29.6. The molecule has 1 spiro atoms. The Morgan fingerprint density at radius 2 is 2.29 bits per heavy atom. The fourth-order valence-electron chi connectivity index (χ4n) is 3.35. The van der Waals surface area contributed by atoms with Gasteiger partial charge in [-0.2, -0.15) is 15.4 Å². The zero-order chi connectivity index (χ0) is 11.7. The second-order valence-corrected chi connectivity index (χ2v) is 5.41. The van der Waals surface area contributed by atoms with Crippen molar-refractivity contribution in [2.24, 2.45) is 11.7 Å². The molecule has 5 heteroatoms. The summed E-state index contributed by atoms with van der Waals surface area (Å²) < 4.78 is 6.02. The maximum absolute atomic E-state index is 6.29. The van der Waals surface area contributed by atoms with Crippen LogP contribution >= 0.6 is 0 Å². The lowest BCUT2D eigenvalue weighted by Crippen LogP contribution is -2.40. The van der Waals surface area contributed by atoms with Gasteiger partial charge in [-0.25, -0.2) is 0 Å². The van der Waals surface area contributed by atoms with Gasteiger partial charge in [0.25, 0.3) is 0 Å². The maximum atomic E-state index is 6.29. The first-order valence-corrected chi connectivity index (χ1v) is 6.54. The van der Waals surface area contributed by atoms with Gasteiger partial charge < -0.3 is 10.5 Å². The molecule has 1 aliphatic carbocycles. The summed E-state index contributed by atoms with van der Waals surface area (Å²) in [6, 6.07) is -0.00451. The number of aromatic amines is 1. The van der Waals surface area contributed by atoms with Gasteiger partial charge in [-0.3, -0.25) is 0 Å². The number of rotatable bonds is 2. The van der Waals surface area contributed by atoms with Gasteiger partial charge in [0.2, 0.25) is 0 Å². The molecule has 2 fully saturated rings. The molecule has 3 rings (SSSR count).